The highest BCUT2D eigenvalue weighted by atomic mass is 32.1. The maximum Gasteiger partial charge on any atom is 0.0488 e. The van der Waals surface area contributed by atoms with E-state index in [4.69, 9.17) is 17.4 Å². The summed E-state index contributed by atoms with van der Waals surface area (Å²) in [7, 11) is 0. The molecule has 0 bridgehead atoms. The lowest BCUT2D eigenvalue weighted by Crippen LogP contribution is -2.03. The van der Waals surface area contributed by atoms with Gasteiger partial charge in [0.1, 0.15) is 0 Å². The van der Waals surface area contributed by atoms with Crippen LogP contribution in [0.1, 0.15) is 20.3 Å². The van der Waals surface area contributed by atoms with Crippen molar-refractivity contribution in [1.29, 1.82) is 0 Å². The Hall–Kier alpha value is 0.310. The van der Waals surface area contributed by atoms with E-state index in [2.05, 4.69) is 13.8 Å². The van der Waals surface area contributed by atoms with Crippen molar-refractivity contribution in [2.45, 2.75) is 20.3 Å². The third-order valence-electron chi connectivity index (χ3n) is 0.884. The Balaban J connectivity index is 2.75. The quantitative estimate of drug-likeness (QED) is 0.542. The SMILES string of the molecule is CC(C)COCCC[S]. The van der Waals surface area contributed by atoms with E-state index >= 15 is 0 Å². The van der Waals surface area contributed by atoms with Gasteiger partial charge in [-0.15, -0.1) is 0 Å². The normalized spacial score (nSPS) is 10.7. The van der Waals surface area contributed by atoms with Crippen molar-refractivity contribution in [2.75, 3.05) is 19.0 Å². The Labute approximate surface area is 63.2 Å². The van der Waals surface area contributed by atoms with Crippen LogP contribution in [0.15, 0.2) is 0 Å². The van der Waals surface area contributed by atoms with Gasteiger partial charge in [0.15, 0.2) is 0 Å². The topological polar surface area (TPSA) is 9.23 Å². The van der Waals surface area contributed by atoms with Crippen LogP contribution >= 0.6 is 12.6 Å². The monoisotopic (exact) mass is 147 g/mol. The molecule has 0 aromatic heterocycles. The van der Waals surface area contributed by atoms with Gasteiger partial charge in [-0.2, -0.15) is 0 Å². The molecule has 0 rings (SSSR count). The highest BCUT2D eigenvalue weighted by Crippen LogP contribution is 1.93. The van der Waals surface area contributed by atoms with Gasteiger partial charge in [-0.05, 0) is 12.3 Å². The smallest absolute Gasteiger partial charge is 0.0488 e. The van der Waals surface area contributed by atoms with Crippen molar-refractivity contribution in [1.82, 2.24) is 0 Å². The predicted molar refractivity (Wildman–Crippen MR) is 42.7 cm³/mol. The van der Waals surface area contributed by atoms with Crippen LogP contribution in [-0.2, 0) is 4.74 Å². The molecule has 0 amide bonds. The minimum absolute atomic E-state index is 0.648. The van der Waals surface area contributed by atoms with E-state index in [0.29, 0.717) is 5.92 Å². The molecule has 55 valence electrons. The first-order valence-electron chi connectivity index (χ1n) is 3.43. The highest BCUT2D eigenvalue weighted by molar-refractivity contribution is 7.80. The average Bonchev–Trinajstić information content (AvgIpc) is 1.80. The maximum atomic E-state index is 5.27. The Kier molecular flexibility index (Phi) is 6.65. The summed E-state index contributed by atoms with van der Waals surface area (Å²) in [4.78, 5) is 0. The second-order valence-corrected chi connectivity index (χ2v) is 2.93. The summed E-state index contributed by atoms with van der Waals surface area (Å²) < 4.78 is 5.27. The van der Waals surface area contributed by atoms with Crippen molar-refractivity contribution in [2.24, 2.45) is 5.92 Å². The zero-order valence-electron chi connectivity index (χ0n) is 6.22. The second kappa shape index (κ2) is 6.43. The predicted octanol–water partition coefficient (Wildman–Crippen LogP) is 2.25. The Morgan fingerprint density at radius 3 is 2.56 bits per heavy atom. The average molecular weight is 147 g/mol. The van der Waals surface area contributed by atoms with Crippen molar-refractivity contribution < 1.29 is 4.74 Å². The molecule has 0 fully saturated rings. The van der Waals surface area contributed by atoms with Crippen LogP contribution in [0.4, 0.5) is 0 Å². The molecule has 0 unspecified atom stereocenters. The summed E-state index contributed by atoms with van der Waals surface area (Å²) in [6.45, 7) is 6.00. The van der Waals surface area contributed by atoms with Gasteiger partial charge in [-0.3, -0.25) is 0 Å². The van der Waals surface area contributed by atoms with Gasteiger partial charge in [0.05, 0.1) is 0 Å². The zero-order valence-corrected chi connectivity index (χ0v) is 7.04. The molecule has 0 saturated carbocycles. The lowest BCUT2D eigenvalue weighted by atomic mass is 10.2. The van der Waals surface area contributed by atoms with Gasteiger partial charge in [0, 0.05) is 19.0 Å². The van der Waals surface area contributed by atoms with E-state index in [1.165, 1.54) is 0 Å². The van der Waals surface area contributed by atoms with Crippen LogP contribution in [0.5, 0.6) is 0 Å². The zero-order chi connectivity index (χ0) is 7.11. The largest absolute Gasteiger partial charge is 0.381 e. The summed E-state index contributed by atoms with van der Waals surface area (Å²) >= 11 is 4.75. The molecule has 0 saturated heterocycles. The molecule has 0 heterocycles. The van der Waals surface area contributed by atoms with Crippen LogP contribution < -0.4 is 0 Å². The molecule has 0 aliphatic rings. The molecule has 0 N–H and O–H groups in total. The fraction of sp³-hybridized carbons (Fsp3) is 1.00. The maximum absolute atomic E-state index is 5.27. The van der Waals surface area contributed by atoms with Gasteiger partial charge in [0.2, 0.25) is 0 Å². The van der Waals surface area contributed by atoms with Gasteiger partial charge in [-0.1, -0.05) is 26.5 Å². The molecule has 0 aromatic rings. The summed E-state index contributed by atoms with van der Waals surface area (Å²) in [6.07, 6.45) is 1.02. The molecule has 0 aliphatic carbocycles. The third-order valence-corrected chi connectivity index (χ3v) is 1.17. The van der Waals surface area contributed by atoms with Crippen LogP contribution in [-0.4, -0.2) is 19.0 Å². The highest BCUT2D eigenvalue weighted by Gasteiger charge is 1.91. The number of hydrogen-bond acceptors (Lipinski definition) is 1. The van der Waals surface area contributed by atoms with Crippen molar-refractivity contribution >= 4 is 12.6 Å². The van der Waals surface area contributed by atoms with E-state index < -0.39 is 0 Å². The summed E-state index contributed by atoms with van der Waals surface area (Å²) in [5.74, 6) is 1.47. The molecule has 1 radical (unpaired) electrons. The number of ether oxygens (including phenoxy) is 1. The van der Waals surface area contributed by atoms with E-state index in [0.717, 1.165) is 25.4 Å². The summed E-state index contributed by atoms with van der Waals surface area (Å²) in [5.41, 5.74) is 0. The van der Waals surface area contributed by atoms with Crippen molar-refractivity contribution in [3.8, 4) is 0 Å². The first kappa shape index (κ1) is 9.31. The summed E-state index contributed by atoms with van der Waals surface area (Å²) in [5, 5.41) is 0. The molecular formula is C7H15OS. The van der Waals surface area contributed by atoms with Gasteiger partial charge in [-0.25, -0.2) is 0 Å². The molecule has 0 spiro atoms. The Morgan fingerprint density at radius 2 is 2.11 bits per heavy atom. The molecule has 0 atom stereocenters. The van der Waals surface area contributed by atoms with E-state index in [1.807, 2.05) is 0 Å². The minimum Gasteiger partial charge on any atom is -0.381 e. The van der Waals surface area contributed by atoms with Gasteiger partial charge in [0.25, 0.3) is 0 Å². The first-order valence-corrected chi connectivity index (χ1v) is 4.01. The minimum atomic E-state index is 0.648. The van der Waals surface area contributed by atoms with Crippen LogP contribution in [0, 0.1) is 5.92 Å². The molecular weight excluding hydrogens is 132 g/mol. The summed E-state index contributed by atoms with van der Waals surface area (Å²) in [6, 6.07) is 0. The first-order chi connectivity index (χ1) is 4.27. The van der Waals surface area contributed by atoms with E-state index in [1.54, 1.807) is 0 Å². The molecule has 0 aliphatic heterocycles. The fourth-order valence-electron chi connectivity index (χ4n) is 0.480. The second-order valence-electron chi connectivity index (χ2n) is 2.53. The molecule has 1 nitrogen and oxygen atoms in total. The van der Waals surface area contributed by atoms with Gasteiger partial charge < -0.3 is 4.74 Å². The Morgan fingerprint density at radius 1 is 1.44 bits per heavy atom. The fourth-order valence-corrected chi connectivity index (χ4v) is 0.598. The van der Waals surface area contributed by atoms with Crippen LogP contribution in [0.2, 0.25) is 0 Å². The lowest BCUT2D eigenvalue weighted by molar-refractivity contribution is 0.111. The van der Waals surface area contributed by atoms with Crippen molar-refractivity contribution in [3.63, 3.8) is 0 Å². The third kappa shape index (κ3) is 8.31. The van der Waals surface area contributed by atoms with E-state index in [9.17, 15) is 0 Å². The van der Waals surface area contributed by atoms with E-state index in [-0.39, 0.29) is 0 Å². The number of hydrogen-bond donors (Lipinski definition) is 0. The Bertz CT molecular complexity index is 54.9. The lowest BCUT2D eigenvalue weighted by Gasteiger charge is -2.04. The van der Waals surface area contributed by atoms with Gasteiger partial charge >= 0.3 is 0 Å². The molecule has 9 heavy (non-hydrogen) atoms. The van der Waals surface area contributed by atoms with Crippen molar-refractivity contribution in [3.05, 3.63) is 0 Å². The molecule has 2 heteroatoms. The molecule has 0 aromatic carbocycles. The van der Waals surface area contributed by atoms with Crippen LogP contribution in [0.3, 0.4) is 0 Å². The number of rotatable bonds is 5. The van der Waals surface area contributed by atoms with Crippen LogP contribution in [0.25, 0.3) is 0 Å². The standard InChI is InChI=1S/C7H15OS/c1-7(2)6-8-4-3-5-9/h7H,3-6H2,1-2H3.